The van der Waals surface area contributed by atoms with Crippen LogP contribution in [0.5, 0.6) is 0 Å². The van der Waals surface area contributed by atoms with Gasteiger partial charge in [-0.3, -0.25) is 4.90 Å². The van der Waals surface area contributed by atoms with Crippen LogP contribution in [0.15, 0.2) is 54.6 Å². The normalized spacial score (nSPS) is 19.3. The van der Waals surface area contributed by atoms with Crippen molar-refractivity contribution in [2.24, 2.45) is 0 Å². The molecule has 110 valence electrons. The van der Waals surface area contributed by atoms with Crippen molar-refractivity contribution in [1.82, 2.24) is 4.90 Å². The summed E-state index contributed by atoms with van der Waals surface area (Å²) in [5.41, 5.74) is 4.47. The second-order valence-corrected chi connectivity index (χ2v) is 12.7. The SMILES string of the molecule is C[Si](C)(C)CN1CCc2ccccc2[C@@H]1c1ccccc1. The first kappa shape index (κ1) is 14.5. The monoisotopic (exact) mass is 295 g/mol. The molecule has 3 rings (SSSR count). The van der Waals surface area contributed by atoms with Gasteiger partial charge in [0, 0.05) is 6.54 Å². The topological polar surface area (TPSA) is 3.24 Å². The Labute approximate surface area is 129 Å². The van der Waals surface area contributed by atoms with Gasteiger partial charge in [0.25, 0.3) is 0 Å². The van der Waals surface area contributed by atoms with Crippen molar-refractivity contribution in [3.63, 3.8) is 0 Å². The second-order valence-electron chi connectivity index (χ2n) is 7.29. The fourth-order valence-electron chi connectivity index (χ4n) is 3.42. The van der Waals surface area contributed by atoms with Crippen molar-refractivity contribution >= 4 is 8.07 Å². The molecular weight excluding hydrogens is 270 g/mol. The average molecular weight is 296 g/mol. The summed E-state index contributed by atoms with van der Waals surface area (Å²) in [6.07, 6.45) is 2.45. The lowest BCUT2D eigenvalue weighted by Crippen LogP contribution is -2.45. The summed E-state index contributed by atoms with van der Waals surface area (Å²) >= 11 is 0. The molecule has 21 heavy (non-hydrogen) atoms. The van der Waals surface area contributed by atoms with Crippen molar-refractivity contribution in [2.75, 3.05) is 12.7 Å². The maximum absolute atomic E-state index is 2.71. The average Bonchev–Trinajstić information content (AvgIpc) is 2.46. The number of hydrogen-bond donors (Lipinski definition) is 0. The highest BCUT2D eigenvalue weighted by Gasteiger charge is 2.31. The van der Waals surface area contributed by atoms with Crippen LogP contribution in [-0.4, -0.2) is 25.7 Å². The van der Waals surface area contributed by atoms with E-state index in [-0.39, 0.29) is 0 Å². The number of nitrogens with zero attached hydrogens (tertiary/aromatic N) is 1. The molecule has 0 bridgehead atoms. The Kier molecular flexibility index (Phi) is 4.00. The summed E-state index contributed by atoms with van der Waals surface area (Å²) in [5, 5.41) is 0. The minimum Gasteiger partial charge on any atom is -0.295 e. The maximum Gasteiger partial charge on any atom is 0.0602 e. The molecule has 0 saturated carbocycles. The minimum absolute atomic E-state index is 0.433. The highest BCUT2D eigenvalue weighted by atomic mass is 28.3. The molecule has 0 aliphatic carbocycles. The lowest BCUT2D eigenvalue weighted by molar-refractivity contribution is 0.245. The standard InChI is InChI=1S/C19H25NSi/c1-21(2,3)15-20-14-13-16-9-7-8-12-18(16)19(20)17-10-5-4-6-11-17/h4-12,19H,13-15H2,1-3H3/t19-/m0/s1. The summed E-state index contributed by atoms with van der Waals surface area (Å²) in [4.78, 5) is 2.71. The van der Waals surface area contributed by atoms with Crippen molar-refractivity contribution < 1.29 is 0 Å². The zero-order valence-corrected chi connectivity index (χ0v) is 14.3. The van der Waals surface area contributed by atoms with E-state index in [0.717, 1.165) is 0 Å². The van der Waals surface area contributed by atoms with E-state index >= 15 is 0 Å². The molecule has 2 heteroatoms. The molecule has 0 spiro atoms. The van der Waals surface area contributed by atoms with Crippen LogP contribution < -0.4 is 0 Å². The largest absolute Gasteiger partial charge is 0.295 e. The summed E-state index contributed by atoms with van der Waals surface area (Å²) in [6, 6.07) is 20.4. The second kappa shape index (κ2) is 5.78. The van der Waals surface area contributed by atoms with E-state index in [2.05, 4.69) is 79.1 Å². The van der Waals surface area contributed by atoms with Crippen molar-refractivity contribution in [2.45, 2.75) is 32.1 Å². The van der Waals surface area contributed by atoms with Crippen LogP contribution in [0.4, 0.5) is 0 Å². The van der Waals surface area contributed by atoms with Crippen LogP contribution in [0, 0.1) is 0 Å². The van der Waals surface area contributed by atoms with Gasteiger partial charge in [-0.05, 0) is 29.3 Å². The molecule has 1 nitrogen and oxygen atoms in total. The van der Waals surface area contributed by atoms with Crippen molar-refractivity contribution in [3.8, 4) is 0 Å². The molecule has 2 aromatic rings. The van der Waals surface area contributed by atoms with Gasteiger partial charge in [0.15, 0.2) is 0 Å². The van der Waals surface area contributed by atoms with Crippen LogP contribution in [0.1, 0.15) is 22.7 Å². The third kappa shape index (κ3) is 3.28. The third-order valence-electron chi connectivity index (χ3n) is 4.18. The quantitative estimate of drug-likeness (QED) is 0.753. The van der Waals surface area contributed by atoms with Crippen LogP contribution in [0.2, 0.25) is 19.6 Å². The van der Waals surface area contributed by atoms with Gasteiger partial charge in [-0.25, -0.2) is 0 Å². The highest BCUT2D eigenvalue weighted by Crippen LogP contribution is 2.35. The first-order chi connectivity index (χ1) is 10.0. The maximum atomic E-state index is 2.71. The zero-order valence-electron chi connectivity index (χ0n) is 13.3. The molecular formula is C19H25NSi. The lowest BCUT2D eigenvalue weighted by atomic mass is 9.89. The Bertz CT molecular complexity index is 600. The van der Waals surface area contributed by atoms with E-state index in [9.17, 15) is 0 Å². The smallest absolute Gasteiger partial charge is 0.0602 e. The molecule has 1 aliphatic heterocycles. The van der Waals surface area contributed by atoms with E-state index in [1.54, 1.807) is 0 Å². The van der Waals surface area contributed by atoms with E-state index in [1.165, 1.54) is 35.8 Å². The molecule has 0 saturated heterocycles. The van der Waals surface area contributed by atoms with Gasteiger partial charge >= 0.3 is 0 Å². The van der Waals surface area contributed by atoms with Gasteiger partial charge in [0.05, 0.1) is 14.1 Å². The Hall–Kier alpha value is -1.38. The number of fused-ring (bicyclic) bond motifs is 1. The fraction of sp³-hybridized carbons (Fsp3) is 0.368. The van der Waals surface area contributed by atoms with E-state index < -0.39 is 8.07 Å². The highest BCUT2D eigenvalue weighted by molar-refractivity contribution is 6.76. The molecule has 1 heterocycles. The summed E-state index contributed by atoms with van der Waals surface area (Å²) in [7, 11) is -1.11. The zero-order chi connectivity index (χ0) is 14.9. The molecule has 2 aromatic carbocycles. The van der Waals surface area contributed by atoms with E-state index in [4.69, 9.17) is 0 Å². The third-order valence-corrected chi connectivity index (χ3v) is 5.53. The summed E-state index contributed by atoms with van der Waals surface area (Å²) < 4.78 is 0. The summed E-state index contributed by atoms with van der Waals surface area (Å²) in [6.45, 7) is 8.58. The Morgan fingerprint density at radius 2 is 1.62 bits per heavy atom. The van der Waals surface area contributed by atoms with Crippen molar-refractivity contribution in [1.29, 1.82) is 0 Å². The molecule has 0 N–H and O–H groups in total. The molecule has 0 unspecified atom stereocenters. The number of rotatable bonds is 3. The van der Waals surface area contributed by atoms with Gasteiger partial charge in [0.2, 0.25) is 0 Å². The predicted molar refractivity (Wildman–Crippen MR) is 93.4 cm³/mol. The Morgan fingerprint density at radius 1 is 0.952 bits per heavy atom. The van der Waals surface area contributed by atoms with E-state index in [0.29, 0.717) is 6.04 Å². The minimum atomic E-state index is -1.11. The van der Waals surface area contributed by atoms with Crippen LogP contribution >= 0.6 is 0 Å². The predicted octanol–water partition coefficient (Wildman–Crippen LogP) is 4.51. The molecule has 0 amide bonds. The van der Waals surface area contributed by atoms with Gasteiger partial charge < -0.3 is 0 Å². The molecule has 1 atom stereocenters. The first-order valence-electron chi connectivity index (χ1n) is 7.91. The lowest BCUT2D eigenvalue weighted by Gasteiger charge is -2.40. The Balaban J connectivity index is 2.03. The first-order valence-corrected chi connectivity index (χ1v) is 11.6. The summed E-state index contributed by atoms with van der Waals surface area (Å²) in [5.74, 6) is 0. The molecule has 0 fully saturated rings. The fourth-order valence-corrected chi connectivity index (χ4v) is 4.98. The van der Waals surface area contributed by atoms with Gasteiger partial charge in [-0.15, -0.1) is 0 Å². The van der Waals surface area contributed by atoms with Crippen LogP contribution in [0.3, 0.4) is 0 Å². The van der Waals surface area contributed by atoms with Gasteiger partial charge in [-0.1, -0.05) is 74.2 Å². The molecule has 1 aliphatic rings. The molecule has 0 aromatic heterocycles. The van der Waals surface area contributed by atoms with E-state index in [1.807, 2.05) is 0 Å². The van der Waals surface area contributed by atoms with Gasteiger partial charge in [-0.2, -0.15) is 0 Å². The van der Waals surface area contributed by atoms with Crippen LogP contribution in [0.25, 0.3) is 0 Å². The Morgan fingerprint density at radius 3 is 2.33 bits per heavy atom. The van der Waals surface area contributed by atoms with Crippen LogP contribution in [-0.2, 0) is 6.42 Å². The molecule has 0 radical (unpaired) electrons. The van der Waals surface area contributed by atoms with Crippen molar-refractivity contribution in [3.05, 3.63) is 71.3 Å². The van der Waals surface area contributed by atoms with Gasteiger partial charge in [0.1, 0.15) is 0 Å². The number of hydrogen-bond acceptors (Lipinski definition) is 1. The number of benzene rings is 2.